The van der Waals surface area contributed by atoms with Crippen molar-refractivity contribution >= 4 is 17.3 Å². The first-order valence-electron chi connectivity index (χ1n) is 6.48. The van der Waals surface area contributed by atoms with E-state index in [1.165, 1.54) is 0 Å². The number of hydrogen-bond donors (Lipinski definition) is 2. The Morgan fingerprint density at radius 3 is 2.95 bits per heavy atom. The van der Waals surface area contributed by atoms with Crippen molar-refractivity contribution in [1.82, 2.24) is 20.8 Å². The highest BCUT2D eigenvalue weighted by atomic mass is 32.1. The molecule has 0 fully saturated rings. The lowest BCUT2D eigenvalue weighted by atomic mass is 10.3. The topological polar surface area (TPSA) is 75.3 Å². The molecular weight excluding hydrogens is 274 g/mol. The minimum absolute atomic E-state index is 0.0796. The molecule has 20 heavy (non-hydrogen) atoms. The van der Waals surface area contributed by atoms with Gasteiger partial charge in [0.15, 0.2) is 5.96 Å². The molecule has 0 aromatic carbocycles. The molecule has 0 saturated carbocycles. The third-order valence-corrected chi connectivity index (χ3v) is 3.75. The summed E-state index contributed by atoms with van der Waals surface area (Å²) in [5, 5.41) is 16.6. The molecule has 0 aliphatic carbocycles. The van der Waals surface area contributed by atoms with Crippen molar-refractivity contribution in [3.05, 3.63) is 34.2 Å². The number of nitrogens with zero attached hydrogens (tertiary/aromatic N) is 3. The molecule has 2 heterocycles. The standard InChI is InChI=1S/C13H19N5OS/c1-9(12-18-17-10(2)20-12)16-13(14-3)15-7-6-11-5-4-8-19-11/h4-5,8-9H,6-7H2,1-3H3,(H2,14,15,16). The quantitative estimate of drug-likeness (QED) is 0.650. The van der Waals surface area contributed by atoms with Gasteiger partial charge in [0.1, 0.15) is 15.8 Å². The van der Waals surface area contributed by atoms with E-state index in [4.69, 9.17) is 4.42 Å². The van der Waals surface area contributed by atoms with E-state index >= 15 is 0 Å². The highest BCUT2D eigenvalue weighted by Gasteiger charge is 2.12. The maximum atomic E-state index is 5.29. The van der Waals surface area contributed by atoms with Crippen molar-refractivity contribution in [2.45, 2.75) is 26.3 Å². The molecule has 2 aromatic heterocycles. The maximum Gasteiger partial charge on any atom is 0.191 e. The van der Waals surface area contributed by atoms with E-state index in [2.05, 4.69) is 25.8 Å². The average Bonchev–Trinajstić information content (AvgIpc) is 3.08. The smallest absolute Gasteiger partial charge is 0.191 e. The van der Waals surface area contributed by atoms with Crippen molar-refractivity contribution in [3.63, 3.8) is 0 Å². The minimum Gasteiger partial charge on any atom is -0.469 e. The number of aliphatic imine (C=N–C) groups is 1. The number of guanidine groups is 1. The van der Waals surface area contributed by atoms with Crippen LogP contribution in [0.1, 0.15) is 28.7 Å². The Balaban J connectivity index is 1.80. The van der Waals surface area contributed by atoms with Crippen LogP contribution < -0.4 is 10.6 Å². The number of aromatic nitrogens is 2. The summed E-state index contributed by atoms with van der Waals surface area (Å²) >= 11 is 1.59. The van der Waals surface area contributed by atoms with Gasteiger partial charge in [0.25, 0.3) is 0 Å². The van der Waals surface area contributed by atoms with E-state index in [0.29, 0.717) is 0 Å². The first kappa shape index (κ1) is 14.5. The van der Waals surface area contributed by atoms with Crippen molar-refractivity contribution in [1.29, 1.82) is 0 Å². The zero-order chi connectivity index (χ0) is 14.4. The molecule has 1 atom stereocenters. The minimum atomic E-state index is 0.0796. The fraction of sp³-hybridized carbons (Fsp3) is 0.462. The van der Waals surface area contributed by atoms with Crippen LogP contribution in [0, 0.1) is 6.92 Å². The van der Waals surface area contributed by atoms with E-state index < -0.39 is 0 Å². The summed E-state index contributed by atoms with van der Waals surface area (Å²) in [6.45, 7) is 4.75. The molecular formula is C13H19N5OS. The molecule has 0 bridgehead atoms. The van der Waals surface area contributed by atoms with Crippen LogP contribution in [0.3, 0.4) is 0 Å². The van der Waals surface area contributed by atoms with E-state index in [0.717, 1.165) is 34.7 Å². The third kappa shape index (κ3) is 4.06. The van der Waals surface area contributed by atoms with Crippen LogP contribution in [-0.2, 0) is 6.42 Å². The largest absolute Gasteiger partial charge is 0.469 e. The van der Waals surface area contributed by atoms with Crippen LogP contribution >= 0.6 is 11.3 Å². The third-order valence-electron chi connectivity index (χ3n) is 2.73. The molecule has 7 heteroatoms. The molecule has 0 radical (unpaired) electrons. The molecule has 0 amide bonds. The van der Waals surface area contributed by atoms with Gasteiger partial charge in [-0.3, -0.25) is 4.99 Å². The number of aryl methyl sites for hydroxylation is 1. The molecule has 2 rings (SSSR count). The first-order valence-corrected chi connectivity index (χ1v) is 7.30. The summed E-state index contributed by atoms with van der Waals surface area (Å²) in [7, 11) is 1.75. The van der Waals surface area contributed by atoms with Crippen LogP contribution in [0.2, 0.25) is 0 Å². The Labute approximate surface area is 122 Å². The van der Waals surface area contributed by atoms with Crippen molar-refractivity contribution < 1.29 is 4.42 Å². The van der Waals surface area contributed by atoms with Gasteiger partial charge < -0.3 is 15.1 Å². The summed E-state index contributed by atoms with van der Waals surface area (Å²) in [5.74, 6) is 1.71. The maximum absolute atomic E-state index is 5.29. The predicted octanol–water partition coefficient (Wildman–Crippen LogP) is 1.91. The Morgan fingerprint density at radius 2 is 2.35 bits per heavy atom. The Morgan fingerprint density at radius 1 is 1.50 bits per heavy atom. The zero-order valence-electron chi connectivity index (χ0n) is 11.9. The van der Waals surface area contributed by atoms with Gasteiger partial charge in [0.05, 0.1) is 12.3 Å². The van der Waals surface area contributed by atoms with E-state index in [1.54, 1.807) is 24.6 Å². The normalized spacial score (nSPS) is 13.2. The van der Waals surface area contributed by atoms with Gasteiger partial charge in [-0.05, 0) is 26.0 Å². The molecule has 0 aliphatic heterocycles. The van der Waals surface area contributed by atoms with E-state index in [1.807, 2.05) is 26.0 Å². The van der Waals surface area contributed by atoms with Gasteiger partial charge in [-0.15, -0.1) is 10.2 Å². The molecule has 1 unspecified atom stereocenters. The Bertz CT molecular complexity index is 549. The zero-order valence-corrected chi connectivity index (χ0v) is 12.7. The second kappa shape index (κ2) is 7.04. The van der Waals surface area contributed by atoms with Crippen molar-refractivity contribution in [2.75, 3.05) is 13.6 Å². The van der Waals surface area contributed by atoms with Crippen molar-refractivity contribution in [2.24, 2.45) is 4.99 Å². The lowest BCUT2D eigenvalue weighted by Crippen LogP contribution is -2.39. The molecule has 2 aromatic rings. The van der Waals surface area contributed by atoms with Gasteiger partial charge in [0.2, 0.25) is 0 Å². The number of hydrogen-bond acceptors (Lipinski definition) is 5. The SMILES string of the molecule is CN=C(NCCc1ccco1)NC(C)c1nnc(C)s1. The Kier molecular flexibility index (Phi) is 5.11. The fourth-order valence-corrected chi connectivity index (χ4v) is 2.41. The molecule has 6 nitrogen and oxygen atoms in total. The second-order valence-corrected chi connectivity index (χ2v) is 5.57. The monoisotopic (exact) mass is 293 g/mol. The summed E-state index contributed by atoms with van der Waals surface area (Å²) in [4.78, 5) is 4.20. The van der Waals surface area contributed by atoms with Gasteiger partial charge in [-0.25, -0.2) is 0 Å². The van der Waals surface area contributed by atoms with Crippen LogP contribution in [0.15, 0.2) is 27.8 Å². The van der Waals surface area contributed by atoms with Crippen LogP contribution in [0.25, 0.3) is 0 Å². The summed E-state index contributed by atoms with van der Waals surface area (Å²) < 4.78 is 5.29. The predicted molar refractivity (Wildman–Crippen MR) is 80.0 cm³/mol. The lowest BCUT2D eigenvalue weighted by molar-refractivity contribution is 0.506. The van der Waals surface area contributed by atoms with E-state index in [9.17, 15) is 0 Å². The fourth-order valence-electron chi connectivity index (χ4n) is 1.71. The first-order chi connectivity index (χ1) is 9.69. The molecule has 0 spiro atoms. The lowest BCUT2D eigenvalue weighted by Gasteiger charge is -2.15. The second-order valence-electron chi connectivity index (χ2n) is 4.35. The van der Waals surface area contributed by atoms with E-state index in [-0.39, 0.29) is 6.04 Å². The van der Waals surface area contributed by atoms with Gasteiger partial charge in [-0.2, -0.15) is 0 Å². The average molecular weight is 293 g/mol. The summed E-state index contributed by atoms with van der Waals surface area (Å²) in [6, 6.07) is 3.93. The van der Waals surface area contributed by atoms with Gasteiger partial charge in [0, 0.05) is 20.0 Å². The van der Waals surface area contributed by atoms with Crippen LogP contribution in [0.4, 0.5) is 0 Å². The highest BCUT2D eigenvalue weighted by Crippen LogP contribution is 2.16. The number of furan rings is 1. The number of rotatable bonds is 5. The van der Waals surface area contributed by atoms with Crippen LogP contribution in [-0.4, -0.2) is 29.7 Å². The Hall–Kier alpha value is -1.89. The van der Waals surface area contributed by atoms with Crippen molar-refractivity contribution in [3.8, 4) is 0 Å². The van der Waals surface area contributed by atoms with Crippen LogP contribution in [0.5, 0.6) is 0 Å². The molecule has 0 aliphatic rings. The molecule has 0 saturated heterocycles. The molecule has 2 N–H and O–H groups in total. The van der Waals surface area contributed by atoms with Gasteiger partial charge >= 0.3 is 0 Å². The molecule has 108 valence electrons. The highest BCUT2D eigenvalue weighted by molar-refractivity contribution is 7.11. The number of nitrogens with one attached hydrogen (secondary N) is 2. The van der Waals surface area contributed by atoms with Gasteiger partial charge in [-0.1, -0.05) is 11.3 Å². The summed E-state index contributed by atoms with van der Waals surface area (Å²) in [6.07, 6.45) is 2.50. The summed E-state index contributed by atoms with van der Waals surface area (Å²) in [5.41, 5.74) is 0.